The molecule has 0 saturated heterocycles. The Labute approximate surface area is 136 Å². The standard InChI is InChI=1S/C19H22N2O2/c1-14-12-16(6-7-18(14)22)19(23)20-9-11-21-10-8-15-4-2-3-5-17(15)13-21/h2-7,12,22H,8-11,13H2,1H3,(H,20,23). The third kappa shape index (κ3) is 3.71. The molecule has 1 aliphatic rings. The van der Waals surface area contributed by atoms with Crippen LogP contribution in [0.4, 0.5) is 0 Å². The van der Waals surface area contributed by atoms with E-state index in [1.165, 1.54) is 11.1 Å². The van der Waals surface area contributed by atoms with Crippen LogP contribution in [0.5, 0.6) is 5.75 Å². The monoisotopic (exact) mass is 310 g/mol. The summed E-state index contributed by atoms with van der Waals surface area (Å²) in [5.74, 6) is 0.124. The maximum Gasteiger partial charge on any atom is 0.251 e. The molecule has 4 heteroatoms. The van der Waals surface area contributed by atoms with Crippen LogP contribution >= 0.6 is 0 Å². The van der Waals surface area contributed by atoms with Crippen molar-refractivity contribution in [2.75, 3.05) is 19.6 Å². The van der Waals surface area contributed by atoms with Crippen molar-refractivity contribution < 1.29 is 9.90 Å². The zero-order valence-corrected chi connectivity index (χ0v) is 13.4. The number of rotatable bonds is 4. The highest BCUT2D eigenvalue weighted by Gasteiger charge is 2.15. The summed E-state index contributed by atoms with van der Waals surface area (Å²) in [5.41, 5.74) is 4.13. The second kappa shape index (κ2) is 6.84. The molecule has 0 bridgehead atoms. The normalized spacial score (nSPS) is 14.3. The lowest BCUT2D eigenvalue weighted by atomic mass is 10.00. The minimum absolute atomic E-state index is 0.0921. The first-order chi connectivity index (χ1) is 11.1. The summed E-state index contributed by atoms with van der Waals surface area (Å²) in [5, 5.41) is 12.5. The van der Waals surface area contributed by atoms with Crippen LogP contribution < -0.4 is 5.32 Å². The van der Waals surface area contributed by atoms with E-state index in [-0.39, 0.29) is 11.7 Å². The van der Waals surface area contributed by atoms with E-state index >= 15 is 0 Å². The van der Waals surface area contributed by atoms with E-state index < -0.39 is 0 Å². The SMILES string of the molecule is Cc1cc(C(=O)NCCN2CCc3ccccc3C2)ccc1O. The first-order valence-corrected chi connectivity index (χ1v) is 8.00. The summed E-state index contributed by atoms with van der Waals surface area (Å²) in [6, 6.07) is 13.5. The van der Waals surface area contributed by atoms with Gasteiger partial charge in [-0.1, -0.05) is 24.3 Å². The van der Waals surface area contributed by atoms with Crippen molar-refractivity contribution in [3.05, 3.63) is 64.7 Å². The molecular weight excluding hydrogens is 288 g/mol. The van der Waals surface area contributed by atoms with E-state index in [1.807, 2.05) is 0 Å². The van der Waals surface area contributed by atoms with Gasteiger partial charge in [0, 0.05) is 31.7 Å². The molecule has 2 aromatic rings. The van der Waals surface area contributed by atoms with E-state index in [0.29, 0.717) is 17.7 Å². The molecular formula is C19H22N2O2. The molecule has 3 rings (SSSR count). The van der Waals surface area contributed by atoms with Gasteiger partial charge in [0.1, 0.15) is 5.75 Å². The van der Waals surface area contributed by atoms with Crippen molar-refractivity contribution in [3.8, 4) is 5.75 Å². The third-order valence-electron chi connectivity index (χ3n) is 4.38. The molecule has 0 unspecified atom stereocenters. The van der Waals surface area contributed by atoms with Gasteiger partial charge >= 0.3 is 0 Å². The Bertz CT molecular complexity index is 712. The van der Waals surface area contributed by atoms with Crippen molar-refractivity contribution in [1.29, 1.82) is 0 Å². The number of nitrogens with one attached hydrogen (secondary N) is 1. The molecule has 120 valence electrons. The van der Waals surface area contributed by atoms with E-state index in [2.05, 4.69) is 34.5 Å². The fourth-order valence-corrected chi connectivity index (χ4v) is 2.97. The lowest BCUT2D eigenvalue weighted by Crippen LogP contribution is -2.37. The Morgan fingerprint density at radius 3 is 2.78 bits per heavy atom. The first kappa shape index (κ1) is 15.6. The van der Waals surface area contributed by atoms with Crippen LogP contribution in [0.2, 0.25) is 0 Å². The highest BCUT2D eigenvalue weighted by atomic mass is 16.3. The molecule has 0 saturated carbocycles. The molecule has 0 spiro atoms. The molecule has 2 aromatic carbocycles. The lowest BCUT2D eigenvalue weighted by molar-refractivity contribution is 0.0947. The van der Waals surface area contributed by atoms with Crippen LogP contribution in [0.25, 0.3) is 0 Å². The van der Waals surface area contributed by atoms with E-state index in [4.69, 9.17) is 0 Å². The quantitative estimate of drug-likeness (QED) is 0.912. The molecule has 0 aliphatic carbocycles. The van der Waals surface area contributed by atoms with Crippen LogP contribution in [-0.4, -0.2) is 35.5 Å². The zero-order valence-electron chi connectivity index (χ0n) is 13.4. The Morgan fingerprint density at radius 2 is 2.00 bits per heavy atom. The van der Waals surface area contributed by atoms with Crippen molar-refractivity contribution in [2.24, 2.45) is 0 Å². The van der Waals surface area contributed by atoms with Crippen LogP contribution in [0.1, 0.15) is 27.0 Å². The number of aromatic hydroxyl groups is 1. The summed E-state index contributed by atoms with van der Waals surface area (Å²) >= 11 is 0. The lowest BCUT2D eigenvalue weighted by Gasteiger charge is -2.28. The number of aryl methyl sites for hydroxylation is 1. The summed E-state index contributed by atoms with van der Waals surface area (Å²) in [4.78, 5) is 14.5. The predicted molar refractivity (Wildman–Crippen MR) is 90.6 cm³/mol. The number of fused-ring (bicyclic) bond motifs is 1. The van der Waals surface area contributed by atoms with E-state index in [9.17, 15) is 9.90 Å². The first-order valence-electron chi connectivity index (χ1n) is 8.00. The average molecular weight is 310 g/mol. The Morgan fingerprint density at radius 1 is 1.22 bits per heavy atom. The number of phenols is 1. The number of amides is 1. The van der Waals surface area contributed by atoms with Crippen LogP contribution in [0.15, 0.2) is 42.5 Å². The van der Waals surface area contributed by atoms with Gasteiger partial charge in [0.2, 0.25) is 0 Å². The summed E-state index contributed by atoms with van der Waals surface area (Å²) in [6.45, 7) is 5.24. The Hall–Kier alpha value is -2.33. The maximum atomic E-state index is 12.1. The molecule has 2 N–H and O–H groups in total. The number of phenolic OH excluding ortho intramolecular Hbond substituents is 1. The van der Waals surface area contributed by atoms with Crippen molar-refractivity contribution in [2.45, 2.75) is 19.9 Å². The van der Waals surface area contributed by atoms with Gasteiger partial charge in [-0.25, -0.2) is 0 Å². The maximum absolute atomic E-state index is 12.1. The van der Waals surface area contributed by atoms with Crippen LogP contribution in [0.3, 0.4) is 0 Å². The second-order valence-corrected chi connectivity index (χ2v) is 6.05. The molecule has 4 nitrogen and oxygen atoms in total. The Kier molecular flexibility index (Phi) is 4.63. The van der Waals surface area contributed by atoms with Gasteiger partial charge in [-0.15, -0.1) is 0 Å². The van der Waals surface area contributed by atoms with Gasteiger partial charge in [-0.3, -0.25) is 9.69 Å². The number of hydrogen-bond donors (Lipinski definition) is 2. The average Bonchev–Trinajstić information content (AvgIpc) is 2.57. The third-order valence-corrected chi connectivity index (χ3v) is 4.38. The number of hydrogen-bond acceptors (Lipinski definition) is 3. The minimum Gasteiger partial charge on any atom is -0.508 e. The number of nitrogens with zero attached hydrogens (tertiary/aromatic N) is 1. The van der Waals surface area contributed by atoms with Crippen LogP contribution in [-0.2, 0) is 13.0 Å². The van der Waals surface area contributed by atoms with Gasteiger partial charge in [-0.2, -0.15) is 0 Å². The second-order valence-electron chi connectivity index (χ2n) is 6.05. The van der Waals surface area contributed by atoms with Crippen molar-refractivity contribution >= 4 is 5.91 Å². The topological polar surface area (TPSA) is 52.6 Å². The van der Waals surface area contributed by atoms with E-state index in [0.717, 1.165) is 26.1 Å². The van der Waals surface area contributed by atoms with Gasteiger partial charge in [0.05, 0.1) is 0 Å². The van der Waals surface area contributed by atoms with Crippen LogP contribution in [0, 0.1) is 6.92 Å². The summed E-state index contributed by atoms with van der Waals surface area (Å²) in [7, 11) is 0. The molecule has 1 amide bonds. The molecule has 0 aromatic heterocycles. The molecule has 0 radical (unpaired) electrons. The van der Waals surface area contributed by atoms with Crippen molar-refractivity contribution in [1.82, 2.24) is 10.2 Å². The molecule has 1 aliphatic heterocycles. The van der Waals surface area contributed by atoms with Gasteiger partial charge in [0.25, 0.3) is 5.91 Å². The number of benzene rings is 2. The Balaban J connectivity index is 1.50. The number of carbonyl (C=O) groups is 1. The molecule has 0 fully saturated rings. The summed E-state index contributed by atoms with van der Waals surface area (Å²) < 4.78 is 0. The molecule has 23 heavy (non-hydrogen) atoms. The van der Waals surface area contributed by atoms with Gasteiger partial charge in [-0.05, 0) is 48.2 Å². The number of carbonyl (C=O) groups excluding carboxylic acids is 1. The largest absolute Gasteiger partial charge is 0.508 e. The van der Waals surface area contributed by atoms with E-state index in [1.54, 1.807) is 25.1 Å². The summed E-state index contributed by atoms with van der Waals surface area (Å²) in [6.07, 6.45) is 1.07. The van der Waals surface area contributed by atoms with Crippen molar-refractivity contribution in [3.63, 3.8) is 0 Å². The predicted octanol–water partition coefficient (Wildman–Crippen LogP) is 2.49. The fraction of sp³-hybridized carbons (Fsp3) is 0.316. The zero-order chi connectivity index (χ0) is 16.2. The fourth-order valence-electron chi connectivity index (χ4n) is 2.97. The minimum atomic E-state index is -0.0921. The molecule has 0 atom stereocenters. The molecule has 1 heterocycles. The smallest absolute Gasteiger partial charge is 0.251 e. The highest BCUT2D eigenvalue weighted by Crippen LogP contribution is 2.18. The van der Waals surface area contributed by atoms with Gasteiger partial charge in [0.15, 0.2) is 0 Å². The highest BCUT2D eigenvalue weighted by molar-refractivity contribution is 5.94. The van der Waals surface area contributed by atoms with Gasteiger partial charge < -0.3 is 10.4 Å².